The van der Waals surface area contributed by atoms with E-state index in [1.54, 1.807) is 35.9 Å². The Morgan fingerprint density at radius 1 is 1.08 bits per heavy atom. The first-order chi connectivity index (χ1) is 18.7. The molecule has 0 radical (unpaired) electrons. The zero-order valence-electron chi connectivity index (χ0n) is 20.5. The quantitative estimate of drug-likeness (QED) is 0.326. The lowest BCUT2D eigenvalue weighted by Crippen LogP contribution is -2.24. The van der Waals surface area contributed by atoms with E-state index in [2.05, 4.69) is 21.3 Å². The molecule has 1 fully saturated rings. The van der Waals surface area contributed by atoms with Gasteiger partial charge in [0, 0.05) is 35.3 Å². The van der Waals surface area contributed by atoms with Gasteiger partial charge in [-0.3, -0.25) is 14.5 Å². The van der Waals surface area contributed by atoms with Crippen molar-refractivity contribution in [1.82, 2.24) is 19.7 Å². The average Bonchev–Trinajstić information content (AvgIpc) is 3.61. The van der Waals surface area contributed by atoms with Gasteiger partial charge in [-0.05, 0) is 65.9 Å². The largest absolute Gasteiger partial charge is 0.416 e. The van der Waals surface area contributed by atoms with Crippen LogP contribution in [0.15, 0.2) is 48.8 Å². The predicted molar refractivity (Wildman–Crippen MR) is 134 cm³/mol. The van der Waals surface area contributed by atoms with Gasteiger partial charge in [-0.25, -0.2) is 4.98 Å². The second kappa shape index (κ2) is 8.87. The number of aldehydes is 1. The maximum absolute atomic E-state index is 13.9. The van der Waals surface area contributed by atoms with Gasteiger partial charge in [0.25, 0.3) is 5.91 Å². The highest BCUT2D eigenvalue weighted by Crippen LogP contribution is 2.44. The number of alkyl halides is 3. The number of hydrogen-bond acceptors (Lipinski definition) is 6. The van der Waals surface area contributed by atoms with Crippen LogP contribution in [0.2, 0.25) is 0 Å². The van der Waals surface area contributed by atoms with E-state index in [1.807, 2.05) is 6.07 Å². The number of fused-ring (bicyclic) bond motifs is 1. The summed E-state index contributed by atoms with van der Waals surface area (Å²) in [5, 5.41) is 17.6. The van der Waals surface area contributed by atoms with Crippen LogP contribution >= 0.6 is 0 Å². The van der Waals surface area contributed by atoms with Crippen molar-refractivity contribution in [3.8, 4) is 28.6 Å². The van der Waals surface area contributed by atoms with Gasteiger partial charge in [0.2, 0.25) is 0 Å². The molecule has 0 bridgehead atoms. The van der Waals surface area contributed by atoms with E-state index >= 15 is 0 Å². The summed E-state index contributed by atoms with van der Waals surface area (Å²) in [6.45, 7) is -0.327. The Morgan fingerprint density at radius 2 is 1.87 bits per heavy atom. The minimum Gasteiger partial charge on any atom is -0.317 e. The molecular formula is C28H19F3N6O2. The first-order valence-electron chi connectivity index (χ1n) is 12.1. The van der Waals surface area contributed by atoms with Crippen LogP contribution in [-0.4, -0.2) is 31.9 Å². The molecule has 1 aliphatic heterocycles. The molecule has 11 heteroatoms. The van der Waals surface area contributed by atoms with Crippen LogP contribution in [0.25, 0.3) is 22.5 Å². The summed E-state index contributed by atoms with van der Waals surface area (Å²) < 4.78 is 43.3. The summed E-state index contributed by atoms with van der Waals surface area (Å²) in [7, 11) is 1.78. The number of benzene rings is 2. The maximum atomic E-state index is 13.9. The van der Waals surface area contributed by atoms with Crippen molar-refractivity contribution in [2.24, 2.45) is 7.05 Å². The van der Waals surface area contributed by atoms with Gasteiger partial charge >= 0.3 is 6.18 Å². The lowest BCUT2D eigenvalue weighted by atomic mass is 9.96. The zero-order chi connectivity index (χ0) is 27.5. The fraction of sp³-hybridized carbons (Fsp3) is 0.214. The molecule has 2 aliphatic rings. The molecule has 1 amide bonds. The van der Waals surface area contributed by atoms with E-state index in [0.29, 0.717) is 34.4 Å². The topological polar surface area (TPSA) is 105 Å². The molecule has 1 aliphatic carbocycles. The van der Waals surface area contributed by atoms with Crippen LogP contribution in [0.1, 0.15) is 61.9 Å². The van der Waals surface area contributed by atoms with E-state index in [-0.39, 0.29) is 35.0 Å². The number of carbonyl (C=O) groups is 2. The van der Waals surface area contributed by atoms with Crippen molar-refractivity contribution >= 4 is 18.0 Å². The highest BCUT2D eigenvalue weighted by atomic mass is 19.4. The second-order valence-electron chi connectivity index (χ2n) is 9.65. The molecule has 0 saturated heterocycles. The van der Waals surface area contributed by atoms with Crippen molar-refractivity contribution in [1.29, 1.82) is 5.26 Å². The van der Waals surface area contributed by atoms with Gasteiger partial charge in [0.1, 0.15) is 18.4 Å². The Balaban J connectivity index is 1.50. The average molecular weight is 528 g/mol. The van der Waals surface area contributed by atoms with E-state index < -0.39 is 17.6 Å². The number of rotatable bonds is 5. The van der Waals surface area contributed by atoms with Crippen LogP contribution in [0.3, 0.4) is 0 Å². The third-order valence-corrected chi connectivity index (χ3v) is 7.02. The number of amides is 1. The summed E-state index contributed by atoms with van der Waals surface area (Å²) in [6, 6.07) is 12.8. The molecule has 2 aromatic heterocycles. The molecule has 8 nitrogen and oxygen atoms in total. The highest BCUT2D eigenvalue weighted by Gasteiger charge is 2.41. The molecule has 39 heavy (non-hydrogen) atoms. The van der Waals surface area contributed by atoms with Crippen LogP contribution in [0.5, 0.6) is 0 Å². The number of nitrogens with zero attached hydrogens (tertiary/aromatic N) is 6. The number of carbonyl (C=O) groups excluding carboxylic acids is 2. The summed E-state index contributed by atoms with van der Waals surface area (Å²) in [4.78, 5) is 30.7. The van der Waals surface area contributed by atoms with Crippen molar-refractivity contribution in [3.63, 3.8) is 0 Å². The first kappa shape index (κ1) is 24.5. The van der Waals surface area contributed by atoms with Gasteiger partial charge in [0.05, 0.1) is 23.7 Å². The summed E-state index contributed by atoms with van der Waals surface area (Å²) >= 11 is 0. The van der Waals surface area contributed by atoms with Crippen molar-refractivity contribution in [2.75, 3.05) is 4.90 Å². The van der Waals surface area contributed by atoms with Crippen molar-refractivity contribution in [3.05, 3.63) is 82.3 Å². The van der Waals surface area contributed by atoms with Crippen molar-refractivity contribution in [2.45, 2.75) is 31.5 Å². The molecule has 0 spiro atoms. The lowest BCUT2D eigenvalue weighted by molar-refractivity contribution is -0.138. The fourth-order valence-electron chi connectivity index (χ4n) is 4.93. The minimum atomic E-state index is -4.73. The molecule has 4 aromatic rings. The Bertz CT molecular complexity index is 1720. The maximum Gasteiger partial charge on any atom is 0.416 e. The normalized spacial score (nSPS) is 14.8. The molecular weight excluding hydrogens is 509 g/mol. The standard InChI is InChI=1S/C28H19F3N6O2/c1-36-14-33-35-26(36)20-6-15(11-32)2-5-19(20)18-9-24(17-3-4-17)34-25(10-18)37-12-22-21(27(37)39)7-16(13-38)8-23(22)28(29,30)31/h2,5-10,13-14,17H,3-4,12H2,1H3. The summed E-state index contributed by atoms with van der Waals surface area (Å²) in [6.07, 6.45) is -1.07. The molecule has 0 atom stereocenters. The number of pyridine rings is 1. The second-order valence-corrected chi connectivity index (χ2v) is 9.65. The molecule has 0 unspecified atom stereocenters. The Kier molecular flexibility index (Phi) is 5.57. The van der Waals surface area contributed by atoms with E-state index in [1.165, 1.54) is 17.3 Å². The Labute approximate surface area is 220 Å². The number of halogens is 3. The van der Waals surface area contributed by atoms with E-state index in [0.717, 1.165) is 24.6 Å². The van der Waals surface area contributed by atoms with Gasteiger partial charge in [-0.1, -0.05) is 6.07 Å². The zero-order valence-corrected chi connectivity index (χ0v) is 20.5. The van der Waals surface area contributed by atoms with Crippen molar-refractivity contribution < 1.29 is 22.8 Å². The van der Waals surface area contributed by atoms with Gasteiger partial charge in [-0.2, -0.15) is 18.4 Å². The Morgan fingerprint density at radius 3 is 2.51 bits per heavy atom. The predicted octanol–water partition coefficient (Wildman–Crippen LogP) is 5.28. The fourth-order valence-corrected chi connectivity index (χ4v) is 4.93. The first-order valence-corrected chi connectivity index (χ1v) is 12.1. The third kappa shape index (κ3) is 4.24. The molecule has 1 saturated carbocycles. The van der Waals surface area contributed by atoms with Crippen LogP contribution in [0.4, 0.5) is 19.0 Å². The molecule has 3 heterocycles. The SMILES string of the molecule is Cn1cnnc1-c1cc(C#N)ccc1-c1cc(C2CC2)nc(N2Cc3c(cc(C=O)cc3C(F)(F)F)C2=O)c1. The number of nitriles is 1. The smallest absolute Gasteiger partial charge is 0.317 e. The summed E-state index contributed by atoms with van der Waals surface area (Å²) in [5.41, 5.74) is 1.60. The van der Waals surface area contributed by atoms with E-state index in [4.69, 9.17) is 0 Å². The number of aryl methyl sites for hydroxylation is 1. The van der Waals surface area contributed by atoms with Gasteiger partial charge in [-0.15, -0.1) is 10.2 Å². The number of hydrogen-bond donors (Lipinski definition) is 0. The molecule has 2 aromatic carbocycles. The van der Waals surface area contributed by atoms with Gasteiger partial charge in [0.15, 0.2) is 5.82 Å². The molecule has 0 N–H and O–H groups in total. The molecule has 6 rings (SSSR count). The number of aromatic nitrogens is 4. The Hall–Kier alpha value is -4.85. The third-order valence-electron chi connectivity index (χ3n) is 7.02. The molecule has 194 valence electrons. The minimum absolute atomic E-state index is 0.162. The van der Waals surface area contributed by atoms with Crippen LogP contribution in [0, 0.1) is 11.3 Å². The van der Waals surface area contributed by atoms with E-state index in [9.17, 15) is 28.0 Å². The number of anilines is 1. The van der Waals surface area contributed by atoms with Gasteiger partial charge < -0.3 is 4.57 Å². The van der Waals surface area contributed by atoms with Crippen LogP contribution < -0.4 is 4.90 Å². The van der Waals surface area contributed by atoms with Crippen LogP contribution in [-0.2, 0) is 19.8 Å². The lowest BCUT2D eigenvalue weighted by Gasteiger charge is -2.19. The summed E-state index contributed by atoms with van der Waals surface area (Å²) in [5.74, 6) is 0.255. The highest BCUT2D eigenvalue weighted by molar-refractivity contribution is 6.11. The monoisotopic (exact) mass is 528 g/mol.